The summed E-state index contributed by atoms with van der Waals surface area (Å²) in [4.78, 5) is 37.9. The van der Waals surface area contributed by atoms with Crippen molar-refractivity contribution in [1.29, 1.82) is 0 Å². The largest absolute Gasteiger partial charge is 0.464 e. The molecule has 0 aliphatic rings. The van der Waals surface area contributed by atoms with E-state index in [9.17, 15) is 14.4 Å². The maximum atomic E-state index is 13.0. The topological polar surface area (TPSA) is 88.1 Å². The highest BCUT2D eigenvalue weighted by atomic mass is 16.6. The van der Waals surface area contributed by atoms with Crippen molar-refractivity contribution in [2.75, 3.05) is 13.2 Å². The molecule has 1 aromatic carbocycles. The molecule has 7 heteroatoms. The first-order valence-electron chi connectivity index (χ1n) is 11.2. The van der Waals surface area contributed by atoms with E-state index in [2.05, 4.69) is 0 Å². The Kier molecular flexibility index (Phi) is 12.0. The van der Waals surface area contributed by atoms with E-state index >= 15 is 0 Å². The van der Waals surface area contributed by atoms with Gasteiger partial charge in [-0.2, -0.15) is 0 Å². The minimum atomic E-state index is -1.26. The van der Waals surface area contributed by atoms with Crippen LogP contribution in [-0.2, 0) is 39.9 Å². The highest BCUT2D eigenvalue weighted by molar-refractivity contribution is 5.84. The van der Waals surface area contributed by atoms with Gasteiger partial charge < -0.3 is 18.9 Å². The van der Waals surface area contributed by atoms with Gasteiger partial charge in [-0.25, -0.2) is 9.59 Å². The van der Waals surface area contributed by atoms with Gasteiger partial charge in [-0.15, -0.1) is 0 Å². The van der Waals surface area contributed by atoms with Gasteiger partial charge in [0, 0.05) is 0 Å². The monoisotopic (exact) mass is 450 g/mol. The van der Waals surface area contributed by atoms with Gasteiger partial charge in [0.15, 0.2) is 6.10 Å². The molecule has 0 bridgehead atoms. The standard InChI is InChI=1S/C25H38O7/c1-7-8-14-29-24(28)22(30-17-21(26)32-25(4,5)6)20(15-18(2)3)23(27)31-16-19-12-10-9-11-13-19/h9-13,18,20,22H,7-8,14-17H2,1-6H3. The predicted octanol–water partition coefficient (Wildman–Crippen LogP) is 4.46. The molecule has 0 saturated heterocycles. The van der Waals surface area contributed by atoms with Crippen LogP contribution in [0.15, 0.2) is 30.3 Å². The Labute approximate surface area is 191 Å². The second kappa shape index (κ2) is 13.9. The van der Waals surface area contributed by atoms with Crippen LogP contribution in [0.3, 0.4) is 0 Å². The van der Waals surface area contributed by atoms with E-state index in [-0.39, 0.29) is 19.1 Å². The van der Waals surface area contributed by atoms with Crippen molar-refractivity contribution in [3.8, 4) is 0 Å². The number of benzene rings is 1. The predicted molar refractivity (Wildman–Crippen MR) is 121 cm³/mol. The van der Waals surface area contributed by atoms with Crippen molar-refractivity contribution >= 4 is 17.9 Å². The van der Waals surface area contributed by atoms with Crippen LogP contribution in [0.1, 0.15) is 66.4 Å². The van der Waals surface area contributed by atoms with E-state index < -0.39 is 42.1 Å². The number of carbonyl (C=O) groups is 3. The Morgan fingerprint density at radius 2 is 1.62 bits per heavy atom. The second-order valence-corrected chi connectivity index (χ2v) is 9.17. The number of hydrogen-bond donors (Lipinski definition) is 0. The van der Waals surface area contributed by atoms with Crippen molar-refractivity contribution in [1.82, 2.24) is 0 Å². The zero-order valence-electron chi connectivity index (χ0n) is 20.2. The van der Waals surface area contributed by atoms with E-state index in [0.717, 1.165) is 12.0 Å². The fraction of sp³-hybridized carbons (Fsp3) is 0.640. The molecular formula is C25H38O7. The van der Waals surface area contributed by atoms with Gasteiger partial charge in [0.05, 0.1) is 12.5 Å². The molecule has 0 aromatic heterocycles. The Morgan fingerprint density at radius 3 is 2.19 bits per heavy atom. The first-order chi connectivity index (χ1) is 15.0. The van der Waals surface area contributed by atoms with Crippen LogP contribution >= 0.6 is 0 Å². The van der Waals surface area contributed by atoms with Crippen molar-refractivity contribution in [3.63, 3.8) is 0 Å². The third kappa shape index (κ3) is 11.3. The van der Waals surface area contributed by atoms with E-state index in [1.54, 1.807) is 20.8 Å². The summed E-state index contributed by atoms with van der Waals surface area (Å²) in [6.45, 7) is 10.9. The Bertz CT molecular complexity index is 707. The van der Waals surface area contributed by atoms with Gasteiger partial charge in [0.2, 0.25) is 0 Å². The molecule has 180 valence electrons. The van der Waals surface area contributed by atoms with E-state index in [0.29, 0.717) is 12.8 Å². The number of esters is 3. The summed E-state index contributed by atoms with van der Waals surface area (Å²) in [7, 11) is 0. The lowest BCUT2D eigenvalue weighted by Crippen LogP contribution is -2.41. The van der Waals surface area contributed by atoms with Crippen molar-refractivity contribution < 1.29 is 33.3 Å². The molecule has 1 rings (SSSR count). The lowest BCUT2D eigenvalue weighted by Gasteiger charge is -2.26. The Balaban J connectivity index is 2.97. The van der Waals surface area contributed by atoms with Gasteiger partial charge in [0.25, 0.3) is 0 Å². The van der Waals surface area contributed by atoms with Crippen molar-refractivity contribution in [3.05, 3.63) is 35.9 Å². The molecule has 0 fully saturated rings. The number of ether oxygens (including phenoxy) is 4. The zero-order chi connectivity index (χ0) is 24.1. The highest BCUT2D eigenvalue weighted by Gasteiger charge is 2.38. The lowest BCUT2D eigenvalue weighted by atomic mass is 9.92. The summed E-state index contributed by atoms with van der Waals surface area (Å²) >= 11 is 0. The summed E-state index contributed by atoms with van der Waals surface area (Å²) < 4.78 is 21.7. The highest BCUT2D eigenvalue weighted by Crippen LogP contribution is 2.23. The van der Waals surface area contributed by atoms with Crippen LogP contribution in [0.25, 0.3) is 0 Å². The molecule has 0 amide bonds. The lowest BCUT2D eigenvalue weighted by molar-refractivity contribution is -0.179. The minimum Gasteiger partial charge on any atom is -0.464 e. The molecule has 0 spiro atoms. The fourth-order valence-electron chi connectivity index (χ4n) is 2.96. The van der Waals surface area contributed by atoms with Crippen molar-refractivity contribution in [2.24, 2.45) is 11.8 Å². The number of hydrogen-bond acceptors (Lipinski definition) is 7. The first kappa shape index (κ1) is 27.6. The van der Waals surface area contributed by atoms with Crippen LogP contribution < -0.4 is 0 Å². The van der Waals surface area contributed by atoms with Gasteiger partial charge >= 0.3 is 17.9 Å². The molecule has 0 heterocycles. The van der Waals surface area contributed by atoms with Crippen LogP contribution in [0.4, 0.5) is 0 Å². The maximum absolute atomic E-state index is 13.0. The van der Waals surface area contributed by atoms with Crippen molar-refractivity contribution in [2.45, 2.75) is 79.1 Å². The summed E-state index contributed by atoms with van der Waals surface area (Å²) in [5.74, 6) is -2.69. The first-order valence-corrected chi connectivity index (χ1v) is 11.2. The van der Waals surface area contributed by atoms with E-state index in [1.165, 1.54) is 0 Å². The zero-order valence-corrected chi connectivity index (χ0v) is 20.2. The number of unbranched alkanes of at least 4 members (excludes halogenated alkanes) is 1. The molecule has 32 heavy (non-hydrogen) atoms. The Morgan fingerprint density at radius 1 is 0.969 bits per heavy atom. The fourth-order valence-corrected chi connectivity index (χ4v) is 2.96. The molecule has 7 nitrogen and oxygen atoms in total. The molecule has 1 aromatic rings. The molecule has 0 aliphatic carbocycles. The maximum Gasteiger partial charge on any atom is 0.336 e. The van der Waals surface area contributed by atoms with E-state index in [1.807, 2.05) is 51.1 Å². The Hall–Kier alpha value is -2.41. The van der Waals surface area contributed by atoms with Gasteiger partial charge in [0.1, 0.15) is 18.8 Å². The van der Waals surface area contributed by atoms with Gasteiger partial charge in [-0.05, 0) is 45.1 Å². The van der Waals surface area contributed by atoms with Crippen LogP contribution in [0, 0.1) is 11.8 Å². The van der Waals surface area contributed by atoms with Crippen LogP contribution in [-0.4, -0.2) is 42.8 Å². The third-order valence-electron chi connectivity index (χ3n) is 4.39. The summed E-state index contributed by atoms with van der Waals surface area (Å²) in [5, 5.41) is 0. The smallest absolute Gasteiger partial charge is 0.336 e. The average Bonchev–Trinajstić information content (AvgIpc) is 2.70. The molecule has 0 aliphatic heterocycles. The summed E-state index contributed by atoms with van der Waals surface area (Å²) in [6, 6.07) is 9.28. The van der Waals surface area contributed by atoms with Crippen LogP contribution in [0.5, 0.6) is 0 Å². The molecule has 0 N–H and O–H groups in total. The summed E-state index contributed by atoms with van der Waals surface area (Å²) in [6.07, 6.45) is 0.628. The van der Waals surface area contributed by atoms with Crippen LogP contribution in [0.2, 0.25) is 0 Å². The molecule has 0 saturated carbocycles. The number of carbonyl (C=O) groups excluding carboxylic acids is 3. The molecule has 2 atom stereocenters. The quantitative estimate of drug-likeness (QED) is 0.249. The molecule has 2 unspecified atom stereocenters. The third-order valence-corrected chi connectivity index (χ3v) is 4.39. The summed E-state index contributed by atoms with van der Waals surface area (Å²) in [5.41, 5.74) is 0.143. The molecular weight excluding hydrogens is 412 g/mol. The SMILES string of the molecule is CCCCOC(=O)C(OCC(=O)OC(C)(C)C)C(CC(C)C)C(=O)OCc1ccccc1. The molecule has 0 radical (unpaired) electrons. The average molecular weight is 451 g/mol. The minimum absolute atomic E-state index is 0.0813. The normalized spacial score (nSPS) is 13.3. The van der Waals surface area contributed by atoms with Gasteiger partial charge in [-0.1, -0.05) is 57.5 Å². The second-order valence-electron chi connectivity index (χ2n) is 9.17. The van der Waals surface area contributed by atoms with Gasteiger partial charge in [-0.3, -0.25) is 4.79 Å². The number of rotatable bonds is 13. The van der Waals surface area contributed by atoms with E-state index in [4.69, 9.17) is 18.9 Å².